The molecule has 1 aliphatic rings. The van der Waals surface area contributed by atoms with Crippen LogP contribution in [0, 0.1) is 0 Å². The van der Waals surface area contributed by atoms with Crippen LogP contribution in [0.15, 0.2) is 16.8 Å². The highest BCUT2D eigenvalue weighted by molar-refractivity contribution is 7.98. The van der Waals surface area contributed by atoms with Crippen molar-refractivity contribution < 1.29 is 0 Å². The number of aromatic nitrogens is 2. The first-order chi connectivity index (χ1) is 7.90. The van der Waals surface area contributed by atoms with Crippen LogP contribution in [0.2, 0.25) is 0 Å². The van der Waals surface area contributed by atoms with Crippen LogP contribution in [0.5, 0.6) is 0 Å². The summed E-state index contributed by atoms with van der Waals surface area (Å²) in [6.45, 7) is 3.16. The summed E-state index contributed by atoms with van der Waals surface area (Å²) in [5.74, 6) is 2.36. The molecule has 1 aliphatic heterocycles. The van der Waals surface area contributed by atoms with Crippen LogP contribution in [0.1, 0.15) is 18.2 Å². The molecule has 4 heteroatoms. The molecule has 0 saturated carbocycles. The normalized spacial score (nSPS) is 15.1. The summed E-state index contributed by atoms with van der Waals surface area (Å²) < 4.78 is 2.18. The first kappa shape index (κ1) is 10.4. The van der Waals surface area contributed by atoms with Crippen molar-refractivity contribution in [1.29, 1.82) is 0 Å². The van der Waals surface area contributed by atoms with E-state index < -0.39 is 0 Å². The Balaban J connectivity index is 2.15. The molecule has 2 aromatic heterocycles. The number of rotatable bonds is 2. The van der Waals surface area contributed by atoms with Gasteiger partial charge in [0, 0.05) is 34.5 Å². The molecule has 2 nitrogen and oxygen atoms in total. The molecule has 0 unspecified atom stereocenters. The second-order valence-electron chi connectivity index (χ2n) is 3.90. The summed E-state index contributed by atoms with van der Waals surface area (Å²) in [6, 6.07) is 2.17. The SMILES string of the molecule is CCn1nc(-c2ccsc2)c2c1CCSC2. The van der Waals surface area contributed by atoms with E-state index >= 15 is 0 Å². The number of nitrogens with zero attached hydrogens (tertiary/aromatic N) is 2. The fourth-order valence-corrected chi connectivity index (χ4v) is 3.83. The Morgan fingerprint density at radius 3 is 3.19 bits per heavy atom. The molecule has 0 amide bonds. The first-order valence-corrected chi connectivity index (χ1v) is 7.68. The lowest BCUT2D eigenvalue weighted by atomic mass is 10.1. The Labute approximate surface area is 104 Å². The van der Waals surface area contributed by atoms with Crippen molar-refractivity contribution in [3.8, 4) is 11.3 Å². The molecule has 0 atom stereocenters. The zero-order chi connectivity index (χ0) is 11.0. The fourth-order valence-electron chi connectivity index (χ4n) is 2.20. The molecule has 0 radical (unpaired) electrons. The number of aryl methyl sites for hydroxylation is 1. The van der Waals surface area contributed by atoms with Crippen LogP contribution in [0.25, 0.3) is 11.3 Å². The van der Waals surface area contributed by atoms with Gasteiger partial charge in [-0.1, -0.05) is 0 Å². The van der Waals surface area contributed by atoms with E-state index in [4.69, 9.17) is 5.10 Å². The number of fused-ring (bicyclic) bond motifs is 1. The number of thiophene rings is 1. The van der Waals surface area contributed by atoms with Crippen molar-refractivity contribution in [3.05, 3.63) is 28.1 Å². The third-order valence-corrected chi connectivity index (χ3v) is 4.66. The smallest absolute Gasteiger partial charge is 0.0974 e. The maximum atomic E-state index is 4.76. The number of thioether (sulfide) groups is 1. The summed E-state index contributed by atoms with van der Waals surface area (Å²) in [5, 5.41) is 9.09. The molecular formula is C12H14N2S2. The average Bonchev–Trinajstić information content (AvgIpc) is 2.95. The van der Waals surface area contributed by atoms with Gasteiger partial charge in [-0.05, 0) is 30.5 Å². The van der Waals surface area contributed by atoms with E-state index in [-0.39, 0.29) is 0 Å². The first-order valence-electron chi connectivity index (χ1n) is 5.59. The van der Waals surface area contributed by atoms with Gasteiger partial charge in [-0.15, -0.1) is 0 Å². The largest absolute Gasteiger partial charge is 0.269 e. The third kappa shape index (κ3) is 1.60. The van der Waals surface area contributed by atoms with Gasteiger partial charge in [0.2, 0.25) is 0 Å². The van der Waals surface area contributed by atoms with Crippen LogP contribution < -0.4 is 0 Å². The van der Waals surface area contributed by atoms with Crippen LogP contribution in [0.4, 0.5) is 0 Å². The van der Waals surface area contributed by atoms with E-state index in [0.29, 0.717) is 0 Å². The monoisotopic (exact) mass is 250 g/mol. The lowest BCUT2D eigenvalue weighted by Gasteiger charge is -2.12. The lowest BCUT2D eigenvalue weighted by molar-refractivity contribution is 0.626. The highest BCUT2D eigenvalue weighted by Gasteiger charge is 2.21. The van der Waals surface area contributed by atoms with Crippen molar-refractivity contribution in [2.75, 3.05) is 5.75 Å². The average molecular weight is 250 g/mol. The van der Waals surface area contributed by atoms with Crippen LogP contribution in [-0.2, 0) is 18.7 Å². The molecule has 0 N–H and O–H groups in total. The van der Waals surface area contributed by atoms with Crippen LogP contribution in [0.3, 0.4) is 0 Å². The van der Waals surface area contributed by atoms with Gasteiger partial charge in [-0.3, -0.25) is 4.68 Å². The lowest BCUT2D eigenvalue weighted by Crippen LogP contribution is -2.08. The molecule has 0 fully saturated rings. The van der Waals surface area contributed by atoms with Gasteiger partial charge in [0.1, 0.15) is 0 Å². The molecule has 0 bridgehead atoms. The van der Waals surface area contributed by atoms with Gasteiger partial charge in [-0.2, -0.15) is 28.2 Å². The van der Waals surface area contributed by atoms with Gasteiger partial charge in [0.05, 0.1) is 5.69 Å². The number of hydrogen-bond acceptors (Lipinski definition) is 3. The molecule has 16 heavy (non-hydrogen) atoms. The second kappa shape index (κ2) is 4.26. The van der Waals surface area contributed by atoms with Crippen molar-refractivity contribution in [1.82, 2.24) is 9.78 Å². The predicted molar refractivity (Wildman–Crippen MR) is 71.1 cm³/mol. The fraction of sp³-hybridized carbons (Fsp3) is 0.417. The highest BCUT2D eigenvalue weighted by Crippen LogP contribution is 2.33. The molecule has 84 valence electrons. The quantitative estimate of drug-likeness (QED) is 0.813. The Morgan fingerprint density at radius 2 is 2.44 bits per heavy atom. The third-order valence-electron chi connectivity index (χ3n) is 2.99. The topological polar surface area (TPSA) is 17.8 Å². The van der Waals surface area contributed by atoms with Crippen molar-refractivity contribution in [3.63, 3.8) is 0 Å². The summed E-state index contributed by atoms with van der Waals surface area (Å²) in [7, 11) is 0. The molecule has 0 aliphatic carbocycles. The van der Waals surface area contributed by atoms with Gasteiger partial charge in [0.15, 0.2) is 0 Å². The van der Waals surface area contributed by atoms with E-state index in [1.54, 1.807) is 11.3 Å². The minimum absolute atomic E-state index is 0.983. The Morgan fingerprint density at radius 1 is 1.50 bits per heavy atom. The molecular weight excluding hydrogens is 236 g/mol. The summed E-state index contributed by atoms with van der Waals surface area (Å²) >= 11 is 3.77. The van der Waals surface area contributed by atoms with E-state index in [0.717, 1.165) is 12.3 Å². The molecule has 2 aromatic rings. The standard InChI is InChI=1S/C12H14N2S2/c1-2-14-11-4-6-16-8-10(11)12(13-14)9-3-5-15-7-9/h3,5,7H,2,4,6,8H2,1H3. The summed E-state index contributed by atoms with van der Waals surface area (Å²) in [4.78, 5) is 0. The molecule has 0 saturated heterocycles. The predicted octanol–water partition coefficient (Wildman–Crippen LogP) is 3.42. The van der Waals surface area contributed by atoms with Crippen molar-refractivity contribution in [2.24, 2.45) is 0 Å². The Kier molecular flexibility index (Phi) is 2.77. The Hall–Kier alpha value is -0.740. The molecule has 3 rings (SSSR count). The number of hydrogen-bond donors (Lipinski definition) is 0. The van der Waals surface area contributed by atoms with Gasteiger partial charge < -0.3 is 0 Å². The van der Waals surface area contributed by atoms with Gasteiger partial charge >= 0.3 is 0 Å². The molecule has 0 aromatic carbocycles. The Bertz CT molecular complexity index is 485. The highest BCUT2D eigenvalue weighted by atomic mass is 32.2. The summed E-state index contributed by atoms with van der Waals surface area (Å²) in [5.41, 5.74) is 5.43. The zero-order valence-electron chi connectivity index (χ0n) is 9.27. The molecule has 3 heterocycles. The van der Waals surface area contributed by atoms with Crippen LogP contribution >= 0.6 is 23.1 Å². The minimum Gasteiger partial charge on any atom is -0.269 e. The van der Waals surface area contributed by atoms with Crippen LogP contribution in [-0.4, -0.2) is 15.5 Å². The van der Waals surface area contributed by atoms with Gasteiger partial charge in [-0.25, -0.2) is 0 Å². The van der Waals surface area contributed by atoms with E-state index in [9.17, 15) is 0 Å². The second-order valence-corrected chi connectivity index (χ2v) is 5.79. The van der Waals surface area contributed by atoms with E-state index in [2.05, 4.69) is 28.4 Å². The van der Waals surface area contributed by atoms with Gasteiger partial charge in [0.25, 0.3) is 0 Å². The van der Waals surface area contributed by atoms with Crippen molar-refractivity contribution >= 4 is 23.1 Å². The molecule has 0 spiro atoms. The van der Waals surface area contributed by atoms with Crippen molar-refractivity contribution in [2.45, 2.75) is 25.6 Å². The summed E-state index contributed by atoms with van der Waals surface area (Å²) in [6.07, 6.45) is 1.17. The zero-order valence-corrected chi connectivity index (χ0v) is 10.9. The van der Waals surface area contributed by atoms with E-state index in [1.165, 1.54) is 34.7 Å². The maximum absolute atomic E-state index is 4.76. The van der Waals surface area contributed by atoms with E-state index in [1.807, 2.05) is 11.8 Å². The minimum atomic E-state index is 0.983. The maximum Gasteiger partial charge on any atom is 0.0974 e.